The minimum absolute atomic E-state index is 0.181. The Balaban J connectivity index is 2.36. The maximum absolute atomic E-state index is 12.6. The molecule has 0 heterocycles. The lowest BCUT2D eigenvalue weighted by atomic mass is 9.76. The fraction of sp³-hybridized carbons (Fsp3) is 0.500. The van der Waals surface area contributed by atoms with Gasteiger partial charge in [-0.05, 0) is 37.5 Å². The van der Waals surface area contributed by atoms with E-state index >= 15 is 0 Å². The van der Waals surface area contributed by atoms with Gasteiger partial charge in [0.1, 0.15) is 0 Å². The van der Waals surface area contributed by atoms with Crippen molar-refractivity contribution in [2.75, 3.05) is 5.73 Å². The summed E-state index contributed by atoms with van der Waals surface area (Å²) in [5, 5.41) is 0.481. The number of carbonyl (C=O) groups excluding carboxylic acids is 1. The van der Waals surface area contributed by atoms with Gasteiger partial charge in [-0.15, -0.1) is 0 Å². The number of hydrogen-bond donors (Lipinski definition) is 1. The molecule has 3 heteroatoms. The van der Waals surface area contributed by atoms with Gasteiger partial charge in [-0.1, -0.05) is 31.4 Å². The van der Waals surface area contributed by atoms with E-state index < -0.39 is 0 Å². The highest BCUT2D eigenvalue weighted by Gasteiger charge is 2.40. The maximum atomic E-state index is 12.6. The number of Topliss-reactive ketones (excluding diaryl/α,β-unsaturated/α-hetero) is 1. The van der Waals surface area contributed by atoms with Gasteiger partial charge in [-0.25, -0.2) is 0 Å². The summed E-state index contributed by atoms with van der Waals surface area (Å²) in [7, 11) is 0. The number of rotatable bonds is 3. The molecule has 2 N–H and O–H groups in total. The van der Waals surface area contributed by atoms with Crippen LogP contribution in [0.3, 0.4) is 0 Å². The minimum Gasteiger partial charge on any atom is -0.399 e. The van der Waals surface area contributed by atoms with Gasteiger partial charge >= 0.3 is 0 Å². The molecule has 0 unspecified atom stereocenters. The second kappa shape index (κ2) is 4.69. The molecule has 2 nitrogen and oxygen atoms in total. The first-order chi connectivity index (χ1) is 8.09. The minimum atomic E-state index is -0.181. The molecule has 0 aromatic heterocycles. The van der Waals surface area contributed by atoms with Crippen LogP contribution in [0.25, 0.3) is 0 Å². The van der Waals surface area contributed by atoms with E-state index in [0.29, 0.717) is 16.3 Å². The number of nitrogen functional groups attached to an aromatic ring is 1. The Morgan fingerprint density at radius 1 is 1.41 bits per heavy atom. The molecule has 0 atom stereocenters. The molecule has 2 rings (SSSR count). The smallest absolute Gasteiger partial charge is 0.170 e. The van der Waals surface area contributed by atoms with Crippen molar-refractivity contribution in [3.05, 3.63) is 28.8 Å². The van der Waals surface area contributed by atoms with Gasteiger partial charge in [-0.3, -0.25) is 4.79 Å². The van der Waals surface area contributed by atoms with E-state index in [1.165, 1.54) is 0 Å². The first-order valence-electron chi connectivity index (χ1n) is 6.19. The number of nitrogens with two attached hydrogens (primary N) is 1. The lowest BCUT2D eigenvalue weighted by Gasteiger charge is -2.26. The molecule has 1 aromatic rings. The third kappa shape index (κ3) is 2.19. The molecule has 0 amide bonds. The highest BCUT2D eigenvalue weighted by molar-refractivity contribution is 6.34. The molecule has 1 saturated carbocycles. The van der Waals surface area contributed by atoms with Crippen LogP contribution in [0.15, 0.2) is 18.2 Å². The topological polar surface area (TPSA) is 43.1 Å². The molecule has 0 aliphatic heterocycles. The standard InChI is InChI=1S/C14H18ClNO/c1-2-14(7-3-4-8-14)13(17)11-6-5-10(16)9-12(11)15/h5-6,9H,2-4,7-8,16H2,1H3. The predicted molar refractivity (Wildman–Crippen MR) is 71.4 cm³/mol. The number of benzene rings is 1. The summed E-state index contributed by atoms with van der Waals surface area (Å²) < 4.78 is 0. The summed E-state index contributed by atoms with van der Waals surface area (Å²) in [6.45, 7) is 2.09. The highest BCUT2D eigenvalue weighted by Crippen LogP contribution is 2.44. The lowest BCUT2D eigenvalue weighted by molar-refractivity contribution is 0.0791. The van der Waals surface area contributed by atoms with Crippen LogP contribution in [0.4, 0.5) is 5.69 Å². The van der Waals surface area contributed by atoms with Crippen LogP contribution >= 0.6 is 11.6 Å². The number of hydrogen-bond acceptors (Lipinski definition) is 2. The maximum Gasteiger partial charge on any atom is 0.170 e. The van der Waals surface area contributed by atoms with E-state index in [9.17, 15) is 4.79 Å². The molecular formula is C14H18ClNO. The van der Waals surface area contributed by atoms with E-state index in [1.54, 1.807) is 18.2 Å². The van der Waals surface area contributed by atoms with Crippen LogP contribution in [-0.2, 0) is 0 Å². The second-order valence-electron chi connectivity index (χ2n) is 4.91. The molecule has 1 aliphatic rings. The zero-order chi connectivity index (χ0) is 12.5. The van der Waals surface area contributed by atoms with Gasteiger partial charge in [0.05, 0.1) is 5.02 Å². The van der Waals surface area contributed by atoms with Crippen LogP contribution in [-0.4, -0.2) is 5.78 Å². The van der Waals surface area contributed by atoms with E-state index in [0.717, 1.165) is 32.1 Å². The zero-order valence-corrected chi connectivity index (χ0v) is 10.9. The number of anilines is 1. The van der Waals surface area contributed by atoms with Crippen molar-refractivity contribution in [2.45, 2.75) is 39.0 Å². The SMILES string of the molecule is CCC1(C(=O)c2ccc(N)cc2Cl)CCCC1. The van der Waals surface area contributed by atoms with Gasteiger partial charge < -0.3 is 5.73 Å². The Hall–Kier alpha value is -1.02. The second-order valence-corrected chi connectivity index (χ2v) is 5.32. The highest BCUT2D eigenvalue weighted by atomic mass is 35.5. The van der Waals surface area contributed by atoms with E-state index in [4.69, 9.17) is 17.3 Å². The Morgan fingerprint density at radius 3 is 2.59 bits per heavy atom. The van der Waals surface area contributed by atoms with Crippen molar-refractivity contribution in [2.24, 2.45) is 5.41 Å². The average Bonchev–Trinajstić information content (AvgIpc) is 2.78. The lowest BCUT2D eigenvalue weighted by Crippen LogP contribution is -2.27. The summed E-state index contributed by atoms with van der Waals surface area (Å²) in [5.74, 6) is 0.197. The summed E-state index contributed by atoms with van der Waals surface area (Å²) in [5.41, 5.74) is 6.70. The first-order valence-corrected chi connectivity index (χ1v) is 6.57. The molecular weight excluding hydrogens is 234 g/mol. The van der Waals surface area contributed by atoms with Crippen molar-refractivity contribution >= 4 is 23.1 Å². The number of halogens is 1. The quantitative estimate of drug-likeness (QED) is 0.650. The third-order valence-corrected chi connectivity index (χ3v) is 4.27. The molecule has 17 heavy (non-hydrogen) atoms. The van der Waals surface area contributed by atoms with E-state index in [-0.39, 0.29) is 11.2 Å². The van der Waals surface area contributed by atoms with Crippen molar-refractivity contribution in [1.29, 1.82) is 0 Å². The Labute approximate surface area is 107 Å². The van der Waals surface area contributed by atoms with Gasteiger partial charge in [0.15, 0.2) is 5.78 Å². The summed E-state index contributed by atoms with van der Waals surface area (Å²) in [6, 6.07) is 5.17. The molecule has 1 fully saturated rings. The van der Waals surface area contributed by atoms with Crippen LogP contribution in [0.2, 0.25) is 5.02 Å². The number of ketones is 1. The Kier molecular flexibility index (Phi) is 3.43. The Bertz CT molecular complexity index is 436. The summed E-state index contributed by atoms with van der Waals surface area (Å²) in [4.78, 5) is 12.6. The fourth-order valence-corrected chi connectivity index (χ4v) is 3.07. The molecule has 0 saturated heterocycles. The van der Waals surface area contributed by atoms with Crippen molar-refractivity contribution < 1.29 is 4.79 Å². The van der Waals surface area contributed by atoms with Crippen LogP contribution < -0.4 is 5.73 Å². The van der Waals surface area contributed by atoms with Gasteiger partial charge in [-0.2, -0.15) is 0 Å². The summed E-state index contributed by atoms with van der Waals surface area (Å²) in [6.07, 6.45) is 5.16. The van der Waals surface area contributed by atoms with Crippen molar-refractivity contribution in [3.8, 4) is 0 Å². The monoisotopic (exact) mass is 251 g/mol. The van der Waals surface area contributed by atoms with Gasteiger partial charge in [0, 0.05) is 16.7 Å². The molecule has 92 valence electrons. The average molecular weight is 252 g/mol. The molecule has 0 bridgehead atoms. The van der Waals surface area contributed by atoms with Gasteiger partial charge in [0.2, 0.25) is 0 Å². The normalized spacial score (nSPS) is 18.2. The van der Waals surface area contributed by atoms with Crippen LogP contribution in [0.5, 0.6) is 0 Å². The third-order valence-electron chi connectivity index (χ3n) is 3.96. The Morgan fingerprint density at radius 2 is 2.06 bits per heavy atom. The zero-order valence-electron chi connectivity index (χ0n) is 10.1. The van der Waals surface area contributed by atoms with Crippen molar-refractivity contribution in [3.63, 3.8) is 0 Å². The van der Waals surface area contributed by atoms with E-state index in [2.05, 4.69) is 6.92 Å². The summed E-state index contributed by atoms with van der Waals surface area (Å²) >= 11 is 6.12. The first kappa shape index (κ1) is 12.4. The van der Waals surface area contributed by atoms with E-state index in [1.807, 2.05) is 0 Å². The van der Waals surface area contributed by atoms with Crippen molar-refractivity contribution in [1.82, 2.24) is 0 Å². The molecule has 0 radical (unpaired) electrons. The molecule has 1 aromatic carbocycles. The molecule has 0 spiro atoms. The van der Waals surface area contributed by atoms with Crippen LogP contribution in [0.1, 0.15) is 49.4 Å². The van der Waals surface area contributed by atoms with Gasteiger partial charge in [0.25, 0.3) is 0 Å². The predicted octanol–water partition coefficient (Wildman–Crippen LogP) is 4.08. The molecule has 1 aliphatic carbocycles. The fourth-order valence-electron chi connectivity index (χ4n) is 2.79. The largest absolute Gasteiger partial charge is 0.399 e. The van der Waals surface area contributed by atoms with Crippen LogP contribution in [0, 0.1) is 5.41 Å². The number of carbonyl (C=O) groups is 1.